The van der Waals surface area contributed by atoms with Crippen LogP contribution in [0.3, 0.4) is 0 Å². The van der Waals surface area contributed by atoms with E-state index in [0.717, 1.165) is 16.7 Å². The lowest BCUT2D eigenvalue weighted by molar-refractivity contribution is 0.581. The Balaban J connectivity index is 1.45. The third-order valence-corrected chi connectivity index (χ3v) is 7.35. The van der Waals surface area contributed by atoms with Gasteiger partial charge in [-0.15, -0.1) is 10.2 Å². The van der Waals surface area contributed by atoms with Crippen molar-refractivity contribution in [2.75, 3.05) is 5.32 Å². The third kappa shape index (κ3) is 5.44. The molecule has 8 heteroatoms. The highest BCUT2D eigenvalue weighted by molar-refractivity contribution is 7.89. The molecular weight excluding hydrogens is 494 g/mol. The zero-order valence-electron chi connectivity index (χ0n) is 20.2. The molecule has 0 saturated heterocycles. The Kier molecular flexibility index (Phi) is 7.22. The highest BCUT2D eigenvalue weighted by atomic mass is 32.2. The Bertz CT molecular complexity index is 1690. The van der Waals surface area contributed by atoms with Crippen LogP contribution >= 0.6 is 0 Å². The predicted molar refractivity (Wildman–Crippen MR) is 148 cm³/mol. The van der Waals surface area contributed by atoms with E-state index in [4.69, 9.17) is 0 Å². The van der Waals surface area contributed by atoms with E-state index in [0.29, 0.717) is 22.5 Å². The van der Waals surface area contributed by atoms with Gasteiger partial charge in [0, 0.05) is 23.4 Å². The molecule has 186 valence electrons. The molecule has 1 aromatic heterocycles. The van der Waals surface area contributed by atoms with E-state index in [9.17, 15) is 13.7 Å². The van der Waals surface area contributed by atoms with Gasteiger partial charge in [-0.25, -0.2) is 13.1 Å². The maximum atomic E-state index is 12.8. The fraction of sp³-hybridized carbons (Fsp3) is 0.0333. The summed E-state index contributed by atoms with van der Waals surface area (Å²) in [5.41, 5.74) is 4.73. The Morgan fingerprint density at radius 1 is 0.711 bits per heavy atom. The van der Waals surface area contributed by atoms with E-state index >= 15 is 0 Å². The summed E-state index contributed by atoms with van der Waals surface area (Å²) in [7, 11) is -3.70. The summed E-state index contributed by atoms with van der Waals surface area (Å²) < 4.78 is 28.1. The zero-order valence-corrected chi connectivity index (χ0v) is 21.1. The van der Waals surface area contributed by atoms with Crippen LogP contribution in [0, 0.1) is 11.3 Å². The minimum absolute atomic E-state index is 0.134. The van der Waals surface area contributed by atoms with Crippen LogP contribution in [0.15, 0.2) is 120 Å². The van der Waals surface area contributed by atoms with E-state index in [-0.39, 0.29) is 17.3 Å². The van der Waals surface area contributed by atoms with Gasteiger partial charge in [0.15, 0.2) is 5.82 Å². The molecule has 0 radical (unpaired) electrons. The number of hydrogen-bond acceptors (Lipinski definition) is 6. The van der Waals surface area contributed by atoms with Gasteiger partial charge in [-0.2, -0.15) is 5.26 Å². The van der Waals surface area contributed by atoms with E-state index in [2.05, 4.69) is 26.3 Å². The Hall–Kier alpha value is -4.84. The summed E-state index contributed by atoms with van der Waals surface area (Å²) >= 11 is 0. The molecular formula is C30H23N5O2S. The van der Waals surface area contributed by atoms with Gasteiger partial charge < -0.3 is 5.32 Å². The summed E-state index contributed by atoms with van der Waals surface area (Å²) in [6.45, 7) is 0.195. The van der Waals surface area contributed by atoms with Gasteiger partial charge in [0.1, 0.15) is 17.3 Å². The van der Waals surface area contributed by atoms with Gasteiger partial charge >= 0.3 is 0 Å². The molecule has 0 spiro atoms. The van der Waals surface area contributed by atoms with Gasteiger partial charge in [0.05, 0.1) is 4.90 Å². The van der Waals surface area contributed by atoms with Crippen molar-refractivity contribution in [2.24, 2.45) is 0 Å². The fourth-order valence-electron chi connectivity index (χ4n) is 4.03. The van der Waals surface area contributed by atoms with Crippen molar-refractivity contribution in [3.8, 4) is 28.5 Å². The Labute approximate surface area is 221 Å². The molecule has 2 N–H and O–H groups in total. The van der Waals surface area contributed by atoms with E-state index in [1.165, 1.54) is 12.1 Å². The smallest absolute Gasteiger partial charge is 0.240 e. The standard InChI is InChI=1S/C30H23N5O2S/c31-20-27-28(23-12-6-2-7-13-23)29(24-14-8-3-9-15-24)34-35-30(27)33-25-16-18-26(19-17-25)38(36,37)32-21-22-10-4-1-5-11-22/h1-19,32H,21H2,(H,33,35). The molecule has 38 heavy (non-hydrogen) atoms. The minimum atomic E-state index is -3.70. The SMILES string of the molecule is N#Cc1c(Nc2ccc(S(=O)(=O)NCc3ccccc3)cc2)nnc(-c2ccccc2)c1-c1ccccc1. The largest absolute Gasteiger partial charge is 0.338 e. The van der Waals surface area contributed by atoms with Crippen molar-refractivity contribution >= 4 is 21.5 Å². The second-order valence-corrected chi connectivity index (χ2v) is 10.2. The summed E-state index contributed by atoms with van der Waals surface area (Å²) in [5, 5.41) is 22.1. The van der Waals surface area contributed by atoms with Crippen molar-refractivity contribution in [3.05, 3.63) is 126 Å². The zero-order chi connectivity index (χ0) is 26.4. The third-order valence-electron chi connectivity index (χ3n) is 5.93. The molecule has 0 fully saturated rings. The van der Waals surface area contributed by atoms with Crippen molar-refractivity contribution in [3.63, 3.8) is 0 Å². The van der Waals surface area contributed by atoms with Crippen LogP contribution in [0.4, 0.5) is 11.5 Å². The normalized spacial score (nSPS) is 11.0. The first kappa shape index (κ1) is 24.8. The Morgan fingerprint density at radius 2 is 1.29 bits per heavy atom. The van der Waals surface area contributed by atoms with Crippen LogP contribution in [0.5, 0.6) is 0 Å². The summed E-state index contributed by atoms with van der Waals surface area (Å²) in [6.07, 6.45) is 0. The second-order valence-electron chi connectivity index (χ2n) is 8.45. The molecule has 4 aromatic carbocycles. The van der Waals surface area contributed by atoms with Crippen LogP contribution in [0.2, 0.25) is 0 Å². The number of nitrogens with one attached hydrogen (secondary N) is 2. The lowest BCUT2D eigenvalue weighted by Gasteiger charge is -2.15. The molecule has 1 heterocycles. The number of nitrogens with zero attached hydrogens (tertiary/aromatic N) is 3. The molecule has 7 nitrogen and oxygen atoms in total. The average molecular weight is 518 g/mol. The number of sulfonamides is 1. The second kappa shape index (κ2) is 11.0. The Morgan fingerprint density at radius 3 is 1.89 bits per heavy atom. The number of anilines is 2. The van der Waals surface area contributed by atoms with Crippen molar-refractivity contribution in [2.45, 2.75) is 11.4 Å². The number of hydrogen-bond donors (Lipinski definition) is 2. The topological polar surface area (TPSA) is 108 Å². The maximum Gasteiger partial charge on any atom is 0.240 e. The van der Waals surface area contributed by atoms with Crippen LogP contribution < -0.4 is 10.0 Å². The highest BCUT2D eigenvalue weighted by Crippen LogP contribution is 2.36. The van der Waals surface area contributed by atoms with Gasteiger partial charge in [-0.1, -0.05) is 91.0 Å². The average Bonchev–Trinajstić information content (AvgIpc) is 2.97. The molecule has 0 aliphatic carbocycles. The monoisotopic (exact) mass is 517 g/mol. The first-order chi connectivity index (χ1) is 18.5. The molecule has 0 saturated carbocycles. The van der Waals surface area contributed by atoms with E-state index in [1.807, 2.05) is 91.0 Å². The first-order valence-electron chi connectivity index (χ1n) is 11.9. The molecule has 0 atom stereocenters. The molecule has 5 rings (SSSR count). The molecule has 0 aliphatic rings. The maximum absolute atomic E-state index is 12.8. The number of benzene rings is 4. The quantitative estimate of drug-likeness (QED) is 0.265. The molecule has 0 aliphatic heterocycles. The van der Waals surface area contributed by atoms with Crippen molar-refractivity contribution in [1.29, 1.82) is 5.26 Å². The van der Waals surface area contributed by atoms with Gasteiger partial charge in [0.25, 0.3) is 0 Å². The summed E-state index contributed by atoms with van der Waals surface area (Å²) in [4.78, 5) is 0.134. The van der Waals surface area contributed by atoms with Crippen LogP contribution in [-0.2, 0) is 16.6 Å². The minimum Gasteiger partial charge on any atom is -0.338 e. The van der Waals surface area contributed by atoms with Crippen LogP contribution in [-0.4, -0.2) is 18.6 Å². The van der Waals surface area contributed by atoms with Crippen LogP contribution in [0.1, 0.15) is 11.1 Å². The molecule has 0 amide bonds. The van der Waals surface area contributed by atoms with Crippen LogP contribution in [0.25, 0.3) is 22.4 Å². The molecule has 0 unspecified atom stereocenters. The van der Waals surface area contributed by atoms with Gasteiger partial charge in [-0.3, -0.25) is 0 Å². The number of aromatic nitrogens is 2. The van der Waals surface area contributed by atoms with Crippen molar-refractivity contribution in [1.82, 2.24) is 14.9 Å². The lowest BCUT2D eigenvalue weighted by atomic mass is 9.95. The summed E-state index contributed by atoms with van der Waals surface area (Å²) in [6, 6.07) is 37.0. The predicted octanol–water partition coefficient (Wildman–Crippen LogP) is 5.90. The van der Waals surface area contributed by atoms with Gasteiger partial charge in [0.2, 0.25) is 10.0 Å². The van der Waals surface area contributed by atoms with E-state index in [1.54, 1.807) is 12.1 Å². The first-order valence-corrected chi connectivity index (χ1v) is 13.4. The molecule has 5 aromatic rings. The molecule has 0 bridgehead atoms. The highest BCUT2D eigenvalue weighted by Gasteiger charge is 2.20. The lowest BCUT2D eigenvalue weighted by Crippen LogP contribution is -2.23. The van der Waals surface area contributed by atoms with E-state index < -0.39 is 10.0 Å². The number of nitriles is 1. The summed E-state index contributed by atoms with van der Waals surface area (Å²) in [5.74, 6) is 0.281. The number of rotatable bonds is 8. The fourth-order valence-corrected chi connectivity index (χ4v) is 5.05. The van der Waals surface area contributed by atoms with Gasteiger partial charge in [-0.05, 0) is 35.4 Å². The van der Waals surface area contributed by atoms with Crippen molar-refractivity contribution < 1.29 is 8.42 Å².